The molecule has 0 bridgehead atoms. The first kappa shape index (κ1) is 15.5. The minimum atomic E-state index is -2.82. The lowest BCUT2D eigenvalue weighted by Gasteiger charge is -2.10. The highest BCUT2D eigenvalue weighted by atomic mass is 32.2. The van der Waals surface area contributed by atoms with Crippen molar-refractivity contribution in [1.82, 2.24) is 15.5 Å². The predicted octanol–water partition coefficient (Wildman–Crippen LogP) is 1.33. The van der Waals surface area contributed by atoms with Gasteiger partial charge in [0.25, 0.3) is 0 Å². The van der Waals surface area contributed by atoms with Crippen molar-refractivity contribution in [2.75, 3.05) is 24.8 Å². The number of rotatable bonds is 5. The highest BCUT2D eigenvalue weighted by Crippen LogP contribution is 2.36. The summed E-state index contributed by atoms with van der Waals surface area (Å²) in [5.74, 6) is 2.29. The van der Waals surface area contributed by atoms with Gasteiger partial charge in [-0.2, -0.15) is 5.10 Å². The smallest absolute Gasteiger partial charge is 0.231 e. The van der Waals surface area contributed by atoms with E-state index in [-0.39, 0.29) is 12.7 Å². The predicted molar refractivity (Wildman–Crippen MR) is 88.6 cm³/mol. The van der Waals surface area contributed by atoms with Crippen LogP contribution in [0.25, 0.3) is 11.3 Å². The van der Waals surface area contributed by atoms with Crippen LogP contribution in [-0.2, 0) is 16.4 Å². The van der Waals surface area contributed by atoms with Gasteiger partial charge in [-0.15, -0.1) is 0 Å². The van der Waals surface area contributed by atoms with E-state index in [1.165, 1.54) is 0 Å². The van der Waals surface area contributed by atoms with Crippen LogP contribution in [0.1, 0.15) is 12.0 Å². The maximum Gasteiger partial charge on any atom is 0.231 e. The van der Waals surface area contributed by atoms with Crippen LogP contribution in [-0.4, -0.2) is 43.5 Å². The Labute approximate surface area is 140 Å². The Morgan fingerprint density at radius 1 is 1.29 bits per heavy atom. The van der Waals surface area contributed by atoms with Gasteiger partial charge in [0, 0.05) is 17.7 Å². The summed E-state index contributed by atoms with van der Waals surface area (Å²) in [6.07, 6.45) is 2.54. The number of benzene rings is 1. The van der Waals surface area contributed by atoms with Crippen molar-refractivity contribution < 1.29 is 17.9 Å². The average Bonchev–Trinajstić information content (AvgIpc) is 3.26. The van der Waals surface area contributed by atoms with E-state index in [1.54, 1.807) is 6.20 Å². The Morgan fingerprint density at radius 2 is 2.17 bits per heavy atom. The average molecular weight is 349 g/mol. The lowest BCUT2D eigenvalue weighted by molar-refractivity contribution is 0.174. The number of aromatic amines is 1. The van der Waals surface area contributed by atoms with Crippen molar-refractivity contribution in [3.05, 3.63) is 30.0 Å². The summed E-state index contributed by atoms with van der Waals surface area (Å²) < 4.78 is 33.7. The van der Waals surface area contributed by atoms with E-state index in [1.807, 2.05) is 18.2 Å². The zero-order valence-corrected chi connectivity index (χ0v) is 13.9. The second kappa shape index (κ2) is 6.10. The van der Waals surface area contributed by atoms with Crippen LogP contribution < -0.4 is 14.8 Å². The molecular weight excluding hydrogens is 330 g/mol. The van der Waals surface area contributed by atoms with Crippen LogP contribution in [0.3, 0.4) is 0 Å². The molecule has 2 aliphatic heterocycles. The Hall–Kier alpha value is -2.06. The molecule has 1 aromatic heterocycles. The van der Waals surface area contributed by atoms with Gasteiger partial charge in [-0.3, -0.25) is 5.10 Å². The SMILES string of the molecule is O=S1(=O)CC[C@H](CNCc2cn[nH]c2-c2ccc3c(c2)OCO3)C1. The van der Waals surface area contributed by atoms with Crippen molar-refractivity contribution in [2.24, 2.45) is 5.92 Å². The molecule has 8 heteroatoms. The normalized spacial score (nSPS) is 21.2. The molecule has 4 rings (SSSR count). The van der Waals surface area contributed by atoms with Gasteiger partial charge in [0.15, 0.2) is 21.3 Å². The van der Waals surface area contributed by atoms with Gasteiger partial charge in [0.1, 0.15) is 0 Å². The molecule has 2 aliphatic rings. The third kappa shape index (κ3) is 3.11. The number of nitrogens with one attached hydrogen (secondary N) is 2. The van der Waals surface area contributed by atoms with E-state index in [0.29, 0.717) is 24.6 Å². The molecule has 1 aromatic carbocycles. The molecule has 3 heterocycles. The van der Waals surface area contributed by atoms with Crippen molar-refractivity contribution in [2.45, 2.75) is 13.0 Å². The zero-order chi connectivity index (χ0) is 16.6. The van der Waals surface area contributed by atoms with E-state index in [2.05, 4.69) is 15.5 Å². The van der Waals surface area contributed by atoms with Crippen LogP contribution in [0.5, 0.6) is 11.5 Å². The summed E-state index contributed by atoms with van der Waals surface area (Å²) >= 11 is 0. The summed E-state index contributed by atoms with van der Waals surface area (Å²) in [6, 6.07) is 5.79. The van der Waals surface area contributed by atoms with E-state index >= 15 is 0 Å². The molecule has 0 radical (unpaired) electrons. The number of ether oxygens (including phenoxy) is 2. The molecule has 128 valence electrons. The minimum absolute atomic E-state index is 0.205. The first-order valence-electron chi connectivity index (χ1n) is 7.94. The Morgan fingerprint density at radius 3 is 3.00 bits per heavy atom. The molecule has 1 fully saturated rings. The van der Waals surface area contributed by atoms with E-state index in [9.17, 15) is 8.42 Å². The van der Waals surface area contributed by atoms with Gasteiger partial charge in [0.2, 0.25) is 6.79 Å². The van der Waals surface area contributed by atoms with Gasteiger partial charge in [-0.05, 0) is 37.1 Å². The molecule has 1 atom stereocenters. The molecule has 1 saturated heterocycles. The summed E-state index contributed by atoms with van der Waals surface area (Å²) in [5, 5.41) is 10.5. The molecule has 7 nitrogen and oxygen atoms in total. The van der Waals surface area contributed by atoms with Crippen molar-refractivity contribution >= 4 is 9.84 Å². The molecule has 0 saturated carbocycles. The molecule has 24 heavy (non-hydrogen) atoms. The fraction of sp³-hybridized carbons (Fsp3) is 0.438. The van der Waals surface area contributed by atoms with Crippen LogP contribution in [0.2, 0.25) is 0 Å². The van der Waals surface area contributed by atoms with Crippen LogP contribution in [0, 0.1) is 5.92 Å². The number of H-pyrrole nitrogens is 1. The first-order valence-corrected chi connectivity index (χ1v) is 9.76. The van der Waals surface area contributed by atoms with Crippen LogP contribution in [0.4, 0.5) is 0 Å². The van der Waals surface area contributed by atoms with Gasteiger partial charge in [0.05, 0.1) is 23.4 Å². The quantitative estimate of drug-likeness (QED) is 0.846. The summed E-state index contributed by atoms with van der Waals surface area (Å²) in [4.78, 5) is 0. The van der Waals surface area contributed by atoms with E-state index < -0.39 is 9.84 Å². The zero-order valence-electron chi connectivity index (χ0n) is 13.1. The lowest BCUT2D eigenvalue weighted by Crippen LogP contribution is -2.23. The van der Waals surface area contributed by atoms with Gasteiger partial charge in [-0.1, -0.05) is 0 Å². The third-order valence-electron chi connectivity index (χ3n) is 4.45. The maximum absolute atomic E-state index is 11.5. The highest BCUT2D eigenvalue weighted by Gasteiger charge is 2.27. The molecule has 0 amide bonds. The number of sulfone groups is 1. The second-order valence-corrected chi connectivity index (χ2v) is 8.47. The minimum Gasteiger partial charge on any atom is -0.454 e. The second-order valence-electron chi connectivity index (χ2n) is 6.24. The van der Waals surface area contributed by atoms with E-state index in [4.69, 9.17) is 9.47 Å². The standard InChI is InChI=1S/C16H19N3O4S/c20-24(21)4-3-11(9-24)6-17-7-13-8-18-19-16(13)12-1-2-14-15(5-12)23-10-22-14/h1-2,5,8,11,17H,3-4,6-7,9-10H2,(H,18,19)/t11-/m1/s1. The Kier molecular flexibility index (Phi) is 3.93. The monoisotopic (exact) mass is 349 g/mol. The molecular formula is C16H19N3O4S. The van der Waals surface area contributed by atoms with Crippen LogP contribution in [0.15, 0.2) is 24.4 Å². The maximum atomic E-state index is 11.5. The molecule has 2 N–H and O–H groups in total. The molecule has 2 aromatic rings. The van der Waals surface area contributed by atoms with Crippen molar-refractivity contribution in [3.8, 4) is 22.8 Å². The summed E-state index contributed by atoms with van der Waals surface area (Å²) in [7, 11) is -2.82. The number of fused-ring (bicyclic) bond motifs is 1. The number of aromatic nitrogens is 2. The Bertz CT molecular complexity index is 847. The summed E-state index contributed by atoms with van der Waals surface area (Å²) in [5.41, 5.74) is 2.95. The fourth-order valence-corrected chi connectivity index (χ4v) is 5.05. The molecule has 0 aliphatic carbocycles. The number of nitrogens with zero attached hydrogens (tertiary/aromatic N) is 1. The molecule has 0 unspecified atom stereocenters. The summed E-state index contributed by atoms with van der Waals surface area (Å²) in [6.45, 7) is 1.59. The first-order chi connectivity index (χ1) is 11.6. The van der Waals surface area contributed by atoms with Gasteiger partial charge < -0.3 is 14.8 Å². The largest absolute Gasteiger partial charge is 0.454 e. The number of hydrogen-bond donors (Lipinski definition) is 2. The molecule has 0 spiro atoms. The fourth-order valence-electron chi connectivity index (χ4n) is 3.19. The number of hydrogen-bond acceptors (Lipinski definition) is 6. The van der Waals surface area contributed by atoms with Crippen molar-refractivity contribution in [1.29, 1.82) is 0 Å². The third-order valence-corrected chi connectivity index (χ3v) is 6.29. The topological polar surface area (TPSA) is 93.3 Å². The van der Waals surface area contributed by atoms with Crippen LogP contribution >= 0.6 is 0 Å². The highest BCUT2D eigenvalue weighted by molar-refractivity contribution is 7.91. The van der Waals surface area contributed by atoms with Gasteiger partial charge in [-0.25, -0.2) is 8.42 Å². The van der Waals surface area contributed by atoms with E-state index in [0.717, 1.165) is 34.7 Å². The van der Waals surface area contributed by atoms with Crippen molar-refractivity contribution in [3.63, 3.8) is 0 Å². The Balaban J connectivity index is 1.42. The lowest BCUT2D eigenvalue weighted by atomic mass is 10.1. The van der Waals surface area contributed by atoms with Gasteiger partial charge >= 0.3 is 0 Å².